The molecule has 1 aromatic rings. The van der Waals surface area contributed by atoms with Crippen molar-refractivity contribution in [3.63, 3.8) is 0 Å². The molecule has 0 spiro atoms. The van der Waals surface area contributed by atoms with Gasteiger partial charge in [0.25, 0.3) is 0 Å². The van der Waals surface area contributed by atoms with E-state index in [0.29, 0.717) is 18.0 Å². The minimum atomic E-state index is -3.49. The second-order valence-corrected chi connectivity index (χ2v) is 6.47. The Kier molecular flexibility index (Phi) is 4.57. The van der Waals surface area contributed by atoms with E-state index in [1.807, 2.05) is 19.1 Å². The molecule has 0 aromatic heterocycles. The van der Waals surface area contributed by atoms with Crippen LogP contribution in [0.4, 0.5) is 0 Å². The van der Waals surface area contributed by atoms with Gasteiger partial charge in [0, 0.05) is 13.1 Å². The predicted molar refractivity (Wildman–Crippen MR) is 71.4 cm³/mol. The van der Waals surface area contributed by atoms with Crippen LogP contribution < -0.4 is 0 Å². The van der Waals surface area contributed by atoms with E-state index in [-0.39, 0.29) is 13.2 Å². The van der Waals surface area contributed by atoms with Gasteiger partial charge in [0.15, 0.2) is 0 Å². The Balaban J connectivity index is 2.20. The molecule has 0 saturated carbocycles. The van der Waals surface area contributed by atoms with Crippen LogP contribution in [0.5, 0.6) is 0 Å². The standard InChI is InChI=1S/C13H19NO4S/c1-2-11-3-5-13(6-4-11)19(16,17)14-7-8-18-12(9-14)10-15/h3-6,12,15H,2,7-10H2,1H3. The average Bonchev–Trinajstić information content (AvgIpc) is 2.47. The minimum absolute atomic E-state index is 0.166. The molecule has 0 aliphatic carbocycles. The number of sulfonamides is 1. The molecule has 1 heterocycles. The lowest BCUT2D eigenvalue weighted by Crippen LogP contribution is -2.46. The van der Waals surface area contributed by atoms with Crippen molar-refractivity contribution < 1.29 is 18.3 Å². The molecule has 19 heavy (non-hydrogen) atoms. The van der Waals surface area contributed by atoms with Crippen molar-refractivity contribution in [1.82, 2.24) is 4.31 Å². The fraction of sp³-hybridized carbons (Fsp3) is 0.538. The smallest absolute Gasteiger partial charge is 0.243 e. The topological polar surface area (TPSA) is 66.8 Å². The molecule has 5 nitrogen and oxygen atoms in total. The van der Waals surface area contributed by atoms with E-state index in [0.717, 1.165) is 12.0 Å². The van der Waals surface area contributed by atoms with Crippen LogP contribution in [-0.4, -0.2) is 50.2 Å². The number of ether oxygens (including phenoxy) is 1. The Morgan fingerprint density at radius 2 is 2.05 bits per heavy atom. The van der Waals surface area contributed by atoms with Gasteiger partial charge in [0.2, 0.25) is 10.0 Å². The molecule has 6 heteroatoms. The number of hydrogen-bond donors (Lipinski definition) is 1. The van der Waals surface area contributed by atoms with Gasteiger partial charge in [-0.3, -0.25) is 0 Å². The van der Waals surface area contributed by atoms with Crippen LogP contribution in [0.1, 0.15) is 12.5 Å². The first-order valence-electron chi connectivity index (χ1n) is 6.39. The summed E-state index contributed by atoms with van der Waals surface area (Å²) in [5.74, 6) is 0. The molecule has 1 saturated heterocycles. The molecule has 1 N–H and O–H groups in total. The number of aryl methyl sites for hydroxylation is 1. The van der Waals surface area contributed by atoms with Crippen molar-refractivity contribution in [3.8, 4) is 0 Å². The summed E-state index contributed by atoms with van der Waals surface area (Å²) in [5, 5.41) is 9.07. The van der Waals surface area contributed by atoms with Crippen LogP contribution >= 0.6 is 0 Å². The molecule has 1 aliphatic heterocycles. The van der Waals surface area contributed by atoms with Crippen LogP contribution in [-0.2, 0) is 21.2 Å². The summed E-state index contributed by atoms with van der Waals surface area (Å²) >= 11 is 0. The van der Waals surface area contributed by atoms with E-state index < -0.39 is 16.1 Å². The zero-order valence-electron chi connectivity index (χ0n) is 10.9. The number of rotatable bonds is 4. The highest BCUT2D eigenvalue weighted by Crippen LogP contribution is 2.19. The maximum atomic E-state index is 12.4. The van der Waals surface area contributed by atoms with Gasteiger partial charge in [-0.1, -0.05) is 19.1 Å². The lowest BCUT2D eigenvalue weighted by Gasteiger charge is -2.31. The van der Waals surface area contributed by atoms with E-state index >= 15 is 0 Å². The van der Waals surface area contributed by atoms with Gasteiger partial charge in [-0.2, -0.15) is 4.31 Å². The normalized spacial score (nSPS) is 21.5. The van der Waals surface area contributed by atoms with E-state index in [1.165, 1.54) is 4.31 Å². The van der Waals surface area contributed by atoms with Crippen molar-refractivity contribution >= 4 is 10.0 Å². The van der Waals surface area contributed by atoms with Gasteiger partial charge in [0.05, 0.1) is 24.2 Å². The summed E-state index contributed by atoms with van der Waals surface area (Å²) in [7, 11) is -3.49. The Labute approximate surface area is 113 Å². The van der Waals surface area contributed by atoms with Crippen LogP contribution in [0.2, 0.25) is 0 Å². The summed E-state index contributed by atoms with van der Waals surface area (Å²) in [5.41, 5.74) is 1.11. The van der Waals surface area contributed by atoms with Crippen molar-refractivity contribution in [2.45, 2.75) is 24.3 Å². The molecule has 0 bridgehead atoms. The second kappa shape index (κ2) is 6.00. The third-order valence-electron chi connectivity index (χ3n) is 3.27. The fourth-order valence-electron chi connectivity index (χ4n) is 2.07. The summed E-state index contributed by atoms with van der Waals surface area (Å²) in [6, 6.07) is 6.93. The minimum Gasteiger partial charge on any atom is -0.394 e. The maximum Gasteiger partial charge on any atom is 0.243 e. The highest BCUT2D eigenvalue weighted by Gasteiger charge is 2.30. The second-order valence-electron chi connectivity index (χ2n) is 4.54. The van der Waals surface area contributed by atoms with Gasteiger partial charge in [-0.15, -0.1) is 0 Å². The van der Waals surface area contributed by atoms with E-state index in [9.17, 15) is 8.42 Å². The molecule has 1 aromatic carbocycles. The van der Waals surface area contributed by atoms with Gasteiger partial charge < -0.3 is 9.84 Å². The van der Waals surface area contributed by atoms with Crippen molar-refractivity contribution in [1.29, 1.82) is 0 Å². The number of hydrogen-bond acceptors (Lipinski definition) is 4. The zero-order valence-corrected chi connectivity index (χ0v) is 11.8. The molecular weight excluding hydrogens is 266 g/mol. The predicted octanol–water partition coefficient (Wildman–Crippen LogP) is 0.631. The molecule has 1 unspecified atom stereocenters. The van der Waals surface area contributed by atoms with Gasteiger partial charge in [-0.05, 0) is 24.1 Å². The number of aliphatic hydroxyl groups is 1. The molecule has 2 rings (SSSR count). The van der Waals surface area contributed by atoms with Gasteiger partial charge >= 0.3 is 0 Å². The summed E-state index contributed by atoms with van der Waals surface area (Å²) in [6.07, 6.45) is 0.447. The summed E-state index contributed by atoms with van der Waals surface area (Å²) in [6.45, 7) is 2.71. The van der Waals surface area contributed by atoms with E-state index in [4.69, 9.17) is 9.84 Å². The SMILES string of the molecule is CCc1ccc(S(=O)(=O)N2CCOC(CO)C2)cc1. The lowest BCUT2D eigenvalue weighted by atomic mass is 10.2. The summed E-state index contributed by atoms with van der Waals surface area (Å²) in [4.78, 5) is 0.295. The average molecular weight is 285 g/mol. The third-order valence-corrected chi connectivity index (χ3v) is 5.15. The molecule has 106 valence electrons. The Bertz CT molecular complexity index is 512. The van der Waals surface area contributed by atoms with Crippen molar-refractivity contribution in [2.24, 2.45) is 0 Å². The number of benzene rings is 1. The molecule has 1 atom stereocenters. The highest BCUT2D eigenvalue weighted by atomic mass is 32.2. The number of morpholine rings is 1. The Morgan fingerprint density at radius 1 is 1.37 bits per heavy atom. The van der Waals surface area contributed by atoms with Gasteiger partial charge in [-0.25, -0.2) is 8.42 Å². The lowest BCUT2D eigenvalue weighted by molar-refractivity contribution is -0.0304. The summed E-state index contributed by atoms with van der Waals surface area (Å²) < 4.78 is 31.5. The Morgan fingerprint density at radius 3 is 2.63 bits per heavy atom. The molecule has 0 amide bonds. The van der Waals surface area contributed by atoms with Crippen LogP contribution in [0, 0.1) is 0 Å². The quantitative estimate of drug-likeness (QED) is 0.881. The molecular formula is C13H19NO4S. The Hall–Kier alpha value is -0.950. The first-order valence-corrected chi connectivity index (χ1v) is 7.83. The highest BCUT2D eigenvalue weighted by molar-refractivity contribution is 7.89. The molecule has 1 aliphatic rings. The van der Waals surface area contributed by atoms with Crippen LogP contribution in [0.3, 0.4) is 0 Å². The number of aliphatic hydroxyl groups excluding tert-OH is 1. The molecule has 0 radical (unpaired) electrons. The maximum absolute atomic E-state index is 12.4. The van der Waals surface area contributed by atoms with Gasteiger partial charge in [0.1, 0.15) is 0 Å². The zero-order chi connectivity index (χ0) is 13.9. The largest absolute Gasteiger partial charge is 0.394 e. The van der Waals surface area contributed by atoms with Crippen molar-refractivity contribution in [3.05, 3.63) is 29.8 Å². The van der Waals surface area contributed by atoms with E-state index in [1.54, 1.807) is 12.1 Å². The van der Waals surface area contributed by atoms with E-state index in [2.05, 4.69) is 0 Å². The fourth-order valence-corrected chi connectivity index (χ4v) is 3.52. The first-order chi connectivity index (χ1) is 9.07. The van der Waals surface area contributed by atoms with Crippen molar-refractivity contribution in [2.75, 3.05) is 26.3 Å². The van der Waals surface area contributed by atoms with Crippen LogP contribution in [0.15, 0.2) is 29.2 Å². The third kappa shape index (κ3) is 3.14. The number of nitrogens with zero attached hydrogens (tertiary/aromatic N) is 1. The first kappa shape index (κ1) is 14.5. The van der Waals surface area contributed by atoms with Crippen LogP contribution in [0.25, 0.3) is 0 Å². The monoisotopic (exact) mass is 285 g/mol. The molecule has 1 fully saturated rings.